The number of barbiturate groups is 1. The SMILES string of the molecule is CCC1(CC)C(=O)NC(=O)N(C2CCC(C)(C)CC2)C1=O. The number of nitrogens with zero attached hydrogens (tertiary/aromatic N) is 1. The third-order valence-corrected chi connectivity index (χ3v) is 5.38. The van der Waals surface area contributed by atoms with Gasteiger partial charge in [-0.25, -0.2) is 4.79 Å². The van der Waals surface area contributed by atoms with E-state index < -0.39 is 17.4 Å². The Hall–Kier alpha value is -1.39. The molecule has 1 aliphatic carbocycles. The second-order valence-corrected chi connectivity index (χ2v) is 7.12. The van der Waals surface area contributed by atoms with Crippen molar-refractivity contribution >= 4 is 17.8 Å². The molecule has 1 heterocycles. The van der Waals surface area contributed by atoms with Gasteiger partial charge in [-0.2, -0.15) is 0 Å². The number of carbonyl (C=O) groups is 3. The summed E-state index contributed by atoms with van der Waals surface area (Å²) in [6.45, 7) is 8.10. The van der Waals surface area contributed by atoms with E-state index in [9.17, 15) is 14.4 Å². The summed E-state index contributed by atoms with van der Waals surface area (Å²) in [4.78, 5) is 38.5. The summed E-state index contributed by atoms with van der Waals surface area (Å²) >= 11 is 0. The van der Waals surface area contributed by atoms with E-state index in [1.807, 2.05) is 13.8 Å². The van der Waals surface area contributed by atoms with Crippen molar-refractivity contribution in [2.75, 3.05) is 0 Å². The molecule has 118 valence electrons. The third-order valence-electron chi connectivity index (χ3n) is 5.38. The van der Waals surface area contributed by atoms with E-state index in [0.29, 0.717) is 12.8 Å². The van der Waals surface area contributed by atoms with E-state index in [1.165, 1.54) is 4.90 Å². The van der Waals surface area contributed by atoms with Gasteiger partial charge in [-0.3, -0.25) is 19.8 Å². The first-order valence-electron chi connectivity index (χ1n) is 7.96. The maximum absolute atomic E-state index is 12.8. The van der Waals surface area contributed by atoms with Crippen LogP contribution in [0.5, 0.6) is 0 Å². The van der Waals surface area contributed by atoms with Gasteiger partial charge < -0.3 is 0 Å². The maximum Gasteiger partial charge on any atom is 0.331 e. The number of nitrogens with one attached hydrogen (secondary N) is 1. The maximum atomic E-state index is 12.8. The molecule has 1 saturated carbocycles. The van der Waals surface area contributed by atoms with Crippen LogP contribution in [0.3, 0.4) is 0 Å². The predicted molar refractivity (Wildman–Crippen MR) is 79.4 cm³/mol. The fourth-order valence-electron chi connectivity index (χ4n) is 3.54. The Kier molecular flexibility index (Phi) is 4.13. The van der Waals surface area contributed by atoms with Gasteiger partial charge in [0.1, 0.15) is 5.41 Å². The highest BCUT2D eigenvalue weighted by Crippen LogP contribution is 2.40. The molecule has 1 saturated heterocycles. The summed E-state index contributed by atoms with van der Waals surface area (Å²) in [5.74, 6) is -0.735. The quantitative estimate of drug-likeness (QED) is 0.814. The van der Waals surface area contributed by atoms with Crippen LogP contribution in [0.1, 0.15) is 66.2 Å². The van der Waals surface area contributed by atoms with Crippen LogP contribution in [-0.4, -0.2) is 28.8 Å². The molecular weight excluding hydrogens is 268 g/mol. The number of hydrogen-bond acceptors (Lipinski definition) is 3. The van der Waals surface area contributed by atoms with Crippen LogP contribution in [0.2, 0.25) is 0 Å². The minimum atomic E-state index is -1.07. The van der Waals surface area contributed by atoms with E-state index in [2.05, 4.69) is 19.2 Å². The molecule has 0 atom stereocenters. The van der Waals surface area contributed by atoms with Crippen molar-refractivity contribution in [2.24, 2.45) is 10.8 Å². The Morgan fingerprint density at radius 1 is 1.10 bits per heavy atom. The van der Waals surface area contributed by atoms with Crippen molar-refractivity contribution in [1.29, 1.82) is 0 Å². The molecule has 5 nitrogen and oxygen atoms in total. The third kappa shape index (κ3) is 2.58. The van der Waals surface area contributed by atoms with Gasteiger partial charge in [0.25, 0.3) is 0 Å². The van der Waals surface area contributed by atoms with Gasteiger partial charge in [-0.05, 0) is 43.9 Å². The first kappa shape index (κ1) is 16.0. The topological polar surface area (TPSA) is 66.5 Å². The summed E-state index contributed by atoms with van der Waals surface area (Å²) in [6.07, 6.45) is 4.49. The second kappa shape index (κ2) is 5.43. The minimum Gasteiger partial charge on any atom is -0.277 e. The number of carbonyl (C=O) groups excluding carboxylic acids is 3. The van der Waals surface area contributed by atoms with Crippen LogP contribution in [0.15, 0.2) is 0 Å². The van der Waals surface area contributed by atoms with Crippen LogP contribution in [0, 0.1) is 10.8 Å². The summed E-state index contributed by atoms with van der Waals surface area (Å²) in [5.41, 5.74) is -0.797. The first-order chi connectivity index (χ1) is 9.77. The Bertz CT molecular complexity index is 456. The van der Waals surface area contributed by atoms with Crippen molar-refractivity contribution < 1.29 is 14.4 Å². The molecule has 1 N–H and O–H groups in total. The van der Waals surface area contributed by atoms with Crippen molar-refractivity contribution in [3.8, 4) is 0 Å². The van der Waals surface area contributed by atoms with E-state index in [-0.39, 0.29) is 17.4 Å². The van der Waals surface area contributed by atoms with Crippen molar-refractivity contribution in [3.63, 3.8) is 0 Å². The van der Waals surface area contributed by atoms with E-state index >= 15 is 0 Å². The average Bonchev–Trinajstić information content (AvgIpc) is 2.42. The smallest absolute Gasteiger partial charge is 0.277 e. The largest absolute Gasteiger partial charge is 0.331 e. The number of amides is 4. The number of imide groups is 2. The van der Waals surface area contributed by atoms with Crippen LogP contribution >= 0.6 is 0 Å². The van der Waals surface area contributed by atoms with Crippen LogP contribution in [-0.2, 0) is 9.59 Å². The predicted octanol–water partition coefficient (Wildman–Crippen LogP) is 2.84. The lowest BCUT2D eigenvalue weighted by Gasteiger charge is -2.44. The molecular formula is C16H26N2O3. The lowest BCUT2D eigenvalue weighted by Crippen LogP contribution is -2.66. The Morgan fingerprint density at radius 3 is 2.10 bits per heavy atom. The van der Waals surface area contributed by atoms with Gasteiger partial charge in [0.15, 0.2) is 0 Å². The molecule has 0 radical (unpaired) electrons. The van der Waals surface area contributed by atoms with Crippen molar-refractivity contribution in [1.82, 2.24) is 10.2 Å². The molecule has 0 spiro atoms. The number of rotatable bonds is 3. The lowest BCUT2D eigenvalue weighted by molar-refractivity contribution is -0.154. The highest BCUT2D eigenvalue weighted by molar-refractivity contribution is 6.19. The highest BCUT2D eigenvalue weighted by atomic mass is 16.2. The number of urea groups is 1. The normalized spacial score (nSPS) is 25.9. The zero-order valence-electron chi connectivity index (χ0n) is 13.5. The highest BCUT2D eigenvalue weighted by Gasteiger charge is 2.53. The standard InChI is InChI=1S/C16H26N2O3/c1-5-16(6-2)12(19)17-14(21)18(13(16)20)11-7-9-15(3,4)10-8-11/h11H,5-10H2,1-4H3,(H,17,19,21). The first-order valence-corrected chi connectivity index (χ1v) is 7.96. The molecule has 4 amide bonds. The molecule has 2 fully saturated rings. The second-order valence-electron chi connectivity index (χ2n) is 7.12. The summed E-state index contributed by atoms with van der Waals surface area (Å²) in [7, 11) is 0. The zero-order chi connectivity index (χ0) is 15.8. The minimum absolute atomic E-state index is 0.0731. The Labute approximate surface area is 126 Å². The summed E-state index contributed by atoms with van der Waals surface area (Å²) in [6, 6.07) is -0.608. The fourth-order valence-corrected chi connectivity index (χ4v) is 3.54. The van der Waals surface area contributed by atoms with Gasteiger partial charge in [0.2, 0.25) is 11.8 Å². The van der Waals surface area contributed by atoms with Gasteiger partial charge in [0, 0.05) is 6.04 Å². The van der Waals surface area contributed by atoms with E-state index in [0.717, 1.165) is 25.7 Å². The van der Waals surface area contributed by atoms with Gasteiger partial charge in [0.05, 0.1) is 0 Å². The van der Waals surface area contributed by atoms with E-state index in [4.69, 9.17) is 0 Å². The molecule has 0 aromatic heterocycles. The Balaban J connectivity index is 2.25. The molecule has 0 aromatic carbocycles. The molecule has 1 aliphatic heterocycles. The van der Waals surface area contributed by atoms with Crippen LogP contribution < -0.4 is 5.32 Å². The zero-order valence-corrected chi connectivity index (χ0v) is 13.5. The van der Waals surface area contributed by atoms with Crippen molar-refractivity contribution in [2.45, 2.75) is 72.3 Å². The molecule has 0 aromatic rings. The molecule has 2 rings (SSSR count). The van der Waals surface area contributed by atoms with Crippen molar-refractivity contribution in [3.05, 3.63) is 0 Å². The molecule has 0 unspecified atom stereocenters. The Morgan fingerprint density at radius 2 is 1.62 bits per heavy atom. The van der Waals surface area contributed by atoms with Gasteiger partial charge >= 0.3 is 6.03 Å². The van der Waals surface area contributed by atoms with Gasteiger partial charge in [-0.15, -0.1) is 0 Å². The molecule has 2 aliphatic rings. The van der Waals surface area contributed by atoms with Gasteiger partial charge in [-0.1, -0.05) is 27.7 Å². The number of hydrogen-bond donors (Lipinski definition) is 1. The van der Waals surface area contributed by atoms with Crippen LogP contribution in [0.4, 0.5) is 4.79 Å². The summed E-state index contributed by atoms with van der Waals surface area (Å²) in [5, 5.41) is 2.40. The summed E-state index contributed by atoms with van der Waals surface area (Å²) < 4.78 is 0. The lowest BCUT2D eigenvalue weighted by atomic mass is 9.73. The van der Waals surface area contributed by atoms with E-state index in [1.54, 1.807) is 0 Å². The molecule has 0 bridgehead atoms. The van der Waals surface area contributed by atoms with Crippen LogP contribution in [0.25, 0.3) is 0 Å². The fraction of sp³-hybridized carbons (Fsp3) is 0.812. The molecule has 5 heteroatoms. The molecule has 21 heavy (non-hydrogen) atoms. The monoisotopic (exact) mass is 294 g/mol. The average molecular weight is 294 g/mol.